The van der Waals surface area contributed by atoms with E-state index in [0.717, 1.165) is 12.1 Å². The van der Waals surface area contributed by atoms with Crippen LogP contribution in [0.2, 0.25) is 0 Å². The van der Waals surface area contributed by atoms with Crippen molar-refractivity contribution < 1.29 is 15.3 Å². The maximum atomic E-state index is 14.8. The van der Waals surface area contributed by atoms with Crippen LogP contribution in [0, 0.1) is 34.9 Å². The molecular weight excluding hydrogens is 437 g/mol. The Kier molecular flexibility index (Phi) is 6.07. The number of aliphatic imine (C=N–C) groups is 1. The van der Waals surface area contributed by atoms with Crippen molar-refractivity contribution in [2.45, 2.75) is 51.6 Å². The molecule has 1 aromatic heterocycles. The molecule has 3 atom stereocenters. The van der Waals surface area contributed by atoms with Gasteiger partial charge in [0.2, 0.25) is 5.90 Å². The molecule has 2 heterocycles. The lowest BCUT2D eigenvalue weighted by atomic mass is 9.64. The largest absolute Gasteiger partial charge is 0.428 e. The first kappa shape index (κ1) is 23.3. The summed E-state index contributed by atoms with van der Waals surface area (Å²) >= 11 is 0. The van der Waals surface area contributed by atoms with E-state index < -0.39 is 17.4 Å². The Morgan fingerprint density at radius 2 is 2.15 bits per heavy atom. The molecule has 34 heavy (non-hydrogen) atoms. The van der Waals surface area contributed by atoms with Crippen LogP contribution in [0.1, 0.15) is 51.4 Å². The molecule has 9 nitrogen and oxygen atoms in total. The molecule has 180 valence electrons. The maximum absolute atomic E-state index is 14.8. The minimum absolute atomic E-state index is 0. The third-order valence-corrected chi connectivity index (χ3v) is 6.42. The SMILES string of the molecule is CC(=N)OC(=N)C12CC(C[C@@H](C)C1)N2C(=O)Nc1cc(C(=N)N=Cc2ccc[nH]2)c(C)cc1F.[HH]. The number of amidine groups is 1. The normalized spacial score (nSPS) is 23.4. The summed E-state index contributed by atoms with van der Waals surface area (Å²) in [5, 5.41) is 26.9. The predicted molar refractivity (Wildman–Crippen MR) is 131 cm³/mol. The van der Waals surface area contributed by atoms with Crippen LogP contribution in [0.4, 0.5) is 14.9 Å². The molecule has 2 bridgehead atoms. The standard InChI is InChI=1S/C24H28FN7O2.H2/c1-13-7-17-11-24(10-13,22(28)34-15(3)26)32(17)23(33)31-20-9-18(14(2)8-19(20)25)21(27)30-12-16-5-4-6-29-16;/h4-6,8-9,12-13,17,26-29H,7,10-11H2,1-3H3,(H,31,33);1H/t13-,17?,24?;/m1./s1. The van der Waals surface area contributed by atoms with E-state index in [4.69, 9.17) is 21.0 Å². The monoisotopic (exact) mass is 467 g/mol. The second-order valence-corrected chi connectivity index (χ2v) is 9.10. The Morgan fingerprint density at radius 1 is 1.38 bits per heavy atom. The summed E-state index contributed by atoms with van der Waals surface area (Å²) in [6.45, 7) is 5.18. The van der Waals surface area contributed by atoms with Crippen molar-refractivity contribution in [3.8, 4) is 0 Å². The number of urea groups is 1. The topological polar surface area (TPSA) is 141 Å². The number of H-pyrrole nitrogens is 1. The number of hydrogen-bond donors (Lipinski definition) is 5. The molecule has 2 fully saturated rings. The van der Waals surface area contributed by atoms with Gasteiger partial charge in [0.25, 0.3) is 0 Å². The molecule has 4 rings (SSSR count). The molecule has 1 aliphatic carbocycles. The van der Waals surface area contributed by atoms with E-state index >= 15 is 0 Å². The second-order valence-electron chi connectivity index (χ2n) is 9.10. The van der Waals surface area contributed by atoms with Crippen LogP contribution in [-0.4, -0.2) is 51.3 Å². The highest BCUT2D eigenvalue weighted by molar-refractivity contribution is 6.05. The number of halogens is 1. The van der Waals surface area contributed by atoms with Gasteiger partial charge in [0, 0.05) is 32.6 Å². The lowest BCUT2D eigenvalue weighted by molar-refractivity contribution is -0.0539. The molecule has 0 spiro atoms. The first-order valence-corrected chi connectivity index (χ1v) is 11.1. The van der Waals surface area contributed by atoms with Crippen LogP contribution in [0.15, 0.2) is 35.5 Å². The summed E-state index contributed by atoms with van der Waals surface area (Å²) in [7, 11) is 0. The number of benzene rings is 1. The fourth-order valence-electron chi connectivity index (χ4n) is 5.04. The smallest absolute Gasteiger partial charge is 0.323 e. The number of anilines is 1. The van der Waals surface area contributed by atoms with Gasteiger partial charge in [-0.05, 0) is 55.5 Å². The van der Waals surface area contributed by atoms with E-state index in [0.29, 0.717) is 29.9 Å². The van der Waals surface area contributed by atoms with Crippen molar-refractivity contribution in [2.24, 2.45) is 10.9 Å². The van der Waals surface area contributed by atoms with Crippen LogP contribution in [0.5, 0.6) is 0 Å². The average molecular weight is 468 g/mol. The van der Waals surface area contributed by atoms with Gasteiger partial charge in [-0.1, -0.05) is 6.92 Å². The second kappa shape index (κ2) is 8.85. The number of ether oxygens (including phenoxy) is 1. The number of aryl methyl sites for hydroxylation is 1. The lowest BCUT2D eigenvalue weighted by Crippen LogP contribution is -2.75. The zero-order chi connectivity index (χ0) is 24.6. The Bertz CT molecular complexity index is 1200. The third kappa shape index (κ3) is 4.23. The number of piperidine rings is 1. The lowest BCUT2D eigenvalue weighted by Gasteiger charge is -2.62. The summed E-state index contributed by atoms with van der Waals surface area (Å²) in [6.07, 6.45) is 5.16. The zero-order valence-electron chi connectivity index (χ0n) is 19.3. The van der Waals surface area contributed by atoms with Crippen molar-refractivity contribution in [3.05, 3.63) is 53.1 Å². The minimum atomic E-state index is -0.939. The van der Waals surface area contributed by atoms with Crippen molar-refractivity contribution in [2.75, 3.05) is 5.32 Å². The molecule has 0 radical (unpaired) electrons. The van der Waals surface area contributed by atoms with Crippen LogP contribution in [0.3, 0.4) is 0 Å². The summed E-state index contributed by atoms with van der Waals surface area (Å²) in [5.74, 6) is -0.646. The molecule has 2 aromatic rings. The third-order valence-electron chi connectivity index (χ3n) is 6.42. The van der Waals surface area contributed by atoms with E-state index in [1.807, 2.05) is 12.1 Å². The summed E-state index contributed by atoms with van der Waals surface area (Å²) in [5.41, 5.74) is 0.640. The molecule has 1 aliphatic heterocycles. The Labute approximate surface area is 198 Å². The van der Waals surface area contributed by atoms with Gasteiger partial charge in [0.05, 0.1) is 17.6 Å². The van der Waals surface area contributed by atoms with Gasteiger partial charge in [0.15, 0.2) is 11.7 Å². The number of fused-ring (bicyclic) bond motifs is 2. The van der Waals surface area contributed by atoms with E-state index in [9.17, 15) is 9.18 Å². The number of carbonyl (C=O) groups excluding carboxylic acids is 1. The van der Waals surface area contributed by atoms with Crippen LogP contribution in [-0.2, 0) is 4.74 Å². The van der Waals surface area contributed by atoms with E-state index in [1.54, 1.807) is 18.0 Å². The van der Waals surface area contributed by atoms with Crippen molar-refractivity contribution in [3.63, 3.8) is 0 Å². The van der Waals surface area contributed by atoms with Crippen LogP contribution in [0.25, 0.3) is 0 Å². The minimum Gasteiger partial charge on any atom is -0.428 e. The number of rotatable bonds is 4. The predicted octanol–water partition coefficient (Wildman–Crippen LogP) is 4.92. The number of hydrogen-bond acceptors (Lipinski definition) is 5. The fourth-order valence-corrected chi connectivity index (χ4v) is 5.04. The van der Waals surface area contributed by atoms with Gasteiger partial charge in [-0.2, -0.15) is 0 Å². The highest BCUT2D eigenvalue weighted by Gasteiger charge is 2.62. The number of aromatic amines is 1. The average Bonchev–Trinajstić information content (AvgIpc) is 3.26. The summed E-state index contributed by atoms with van der Waals surface area (Å²) in [6, 6.07) is 5.67. The molecule has 1 saturated heterocycles. The quantitative estimate of drug-likeness (QED) is 0.322. The van der Waals surface area contributed by atoms with Gasteiger partial charge in [-0.15, -0.1) is 0 Å². The molecule has 1 aromatic carbocycles. The number of carbonyl (C=O) groups is 1. The molecule has 10 heteroatoms. The fraction of sp³-hybridized carbons (Fsp3) is 0.375. The molecule has 5 N–H and O–H groups in total. The number of likely N-dealkylation sites (tertiary alicyclic amines) is 1. The van der Waals surface area contributed by atoms with Crippen LogP contribution >= 0.6 is 0 Å². The van der Waals surface area contributed by atoms with E-state index in [2.05, 4.69) is 22.2 Å². The number of nitrogens with one attached hydrogen (secondary N) is 5. The molecule has 2 amide bonds. The van der Waals surface area contributed by atoms with E-state index in [-0.39, 0.29) is 30.8 Å². The van der Waals surface area contributed by atoms with Gasteiger partial charge >= 0.3 is 6.03 Å². The van der Waals surface area contributed by atoms with Crippen molar-refractivity contribution in [1.82, 2.24) is 9.88 Å². The van der Waals surface area contributed by atoms with Gasteiger partial charge in [0.1, 0.15) is 11.4 Å². The van der Waals surface area contributed by atoms with Crippen LogP contribution < -0.4 is 5.32 Å². The summed E-state index contributed by atoms with van der Waals surface area (Å²) < 4.78 is 20.1. The molecule has 1 saturated carbocycles. The number of nitrogens with zero attached hydrogens (tertiary/aromatic N) is 2. The molecular formula is C24H30FN7O2. The van der Waals surface area contributed by atoms with Crippen molar-refractivity contribution in [1.29, 1.82) is 16.2 Å². The molecule has 2 aliphatic rings. The maximum Gasteiger partial charge on any atom is 0.323 e. The van der Waals surface area contributed by atoms with Gasteiger partial charge < -0.3 is 19.9 Å². The Morgan fingerprint density at radius 3 is 2.82 bits per heavy atom. The van der Waals surface area contributed by atoms with E-state index in [1.165, 1.54) is 25.3 Å². The molecule has 2 unspecified atom stereocenters. The Balaban J connectivity index is 0.00000342. The van der Waals surface area contributed by atoms with Crippen molar-refractivity contribution >= 4 is 35.6 Å². The highest BCUT2D eigenvalue weighted by atomic mass is 19.1. The first-order valence-electron chi connectivity index (χ1n) is 11.1. The highest BCUT2D eigenvalue weighted by Crippen LogP contribution is 2.50. The first-order chi connectivity index (χ1) is 16.1. The number of amides is 2. The van der Waals surface area contributed by atoms with Gasteiger partial charge in [-0.25, -0.2) is 14.2 Å². The zero-order valence-corrected chi connectivity index (χ0v) is 19.3. The Hall–Kier alpha value is -3.82. The number of aromatic nitrogens is 1. The summed E-state index contributed by atoms with van der Waals surface area (Å²) in [4.78, 5) is 21.9. The van der Waals surface area contributed by atoms with Gasteiger partial charge in [-0.3, -0.25) is 16.2 Å².